The van der Waals surface area contributed by atoms with E-state index in [-0.39, 0.29) is 5.78 Å². The smallest absolute Gasteiger partial charge is 0.193 e. The first-order valence-corrected chi connectivity index (χ1v) is 14.1. The van der Waals surface area contributed by atoms with Crippen LogP contribution in [-0.4, -0.2) is 36.9 Å². The van der Waals surface area contributed by atoms with Crippen LogP contribution in [0.3, 0.4) is 0 Å². The third-order valence-electron chi connectivity index (χ3n) is 7.21. The summed E-state index contributed by atoms with van der Waals surface area (Å²) in [6.45, 7) is 8.33. The minimum Gasteiger partial charge on any atom is -0.496 e. The van der Waals surface area contributed by atoms with Crippen molar-refractivity contribution < 1.29 is 9.53 Å². The summed E-state index contributed by atoms with van der Waals surface area (Å²) in [7, 11) is 0. The average Bonchev–Trinajstić information content (AvgIpc) is 3.73. The molecule has 0 amide bonds. The van der Waals surface area contributed by atoms with Gasteiger partial charge < -0.3 is 4.74 Å². The van der Waals surface area contributed by atoms with Crippen LogP contribution in [0.25, 0.3) is 0 Å². The van der Waals surface area contributed by atoms with Crippen molar-refractivity contribution in [2.75, 3.05) is 26.2 Å². The predicted molar refractivity (Wildman–Crippen MR) is 145 cm³/mol. The number of nitrogens with zero attached hydrogens (tertiary/aromatic N) is 1. The van der Waals surface area contributed by atoms with Gasteiger partial charge in [-0.2, -0.15) is 0 Å². The van der Waals surface area contributed by atoms with Gasteiger partial charge in [0, 0.05) is 24.1 Å². The molecule has 0 radical (unpaired) electrons. The number of Topliss-reactive ketones (excluding diaryl/α,β-unsaturated/α-hetero) is 1. The third-order valence-corrected chi connectivity index (χ3v) is 7.87. The van der Waals surface area contributed by atoms with Gasteiger partial charge in [0.05, 0.1) is 5.76 Å². The molecule has 4 aliphatic carbocycles. The van der Waals surface area contributed by atoms with Crippen LogP contribution in [0, 0.1) is 11.8 Å². The third kappa shape index (κ3) is 7.68. The maximum atomic E-state index is 13.7. The van der Waals surface area contributed by atoms with E-state index in [1.165, 1.54) is 55.1 Å². The summed E-state index contributed by atoms with van der Waals surface area (Å²) in [5.41, 5.74) is 3.92. The van der Waals surface area contributed by atoms with E-state index in [2.05, 4.69) is 59.0 Å². The molecule has 4 rings (SSSR count). The lowest BCUT2D eigenvalue weighted by atomic mass is 9.88. The maximum Gasteiger partial charge on any atom is 0.193 e. The number of carbonyl (C=O) groups excluding carboxylic acids is 1. The first-order valence-electron chi connectivity index (χ1n) is 13.3. The number of halogens is 1. The monoisotopic (exact) mass is 525 g/mol. The molecule has 0 heterocycles. The second kappa shape index (κ2) is 12.4. The molecule has 3 nitrogen and oxygen atoms in total. The lowest BCUT2D eigenvalue weighted by molar-refractivity contribution is -0.111. The lowest BCUT2D eigenvalue weighted by Gasteiger charge is -2.22. The molecule has 4 aliphatic rings. The highest BCUT2D eigenvalue weighted by Crippen LogP contribution is 2.37. The first kappa shape index (κ1) is 25.4. The summed E-state index contributed by atoms with van der Waals surface area (Å²) in [5.74, 6) is 2.65. The zero-order chi connectivity index (χ0) is 23.9. The summed E-state index contributed by atoms with van der Waals surface area (Å²) in [6.07, 6.45) is 23.0. The molecule has 0 atom stereocenters. The zero-order valence-corrected chi connectivity index (χ0v) is 22.5. The van der Waals surface area contributed by atoms with Gasteiger partial charge >= 0.3 is 0 Å². The Morgan fingerprint density at radius 3 is 2.59 bits per heavy atom. The Morgan fingerprint density at radius 2 is 1.91 bits per heavy atom. The van der Waals surface area contributed by atoms with E-state index in [4.69, 9.17) is 4.74 Å². The van der Waals surface area contributed by atoms with E-state index < -0.39 is 0 Å². The molecule has 0 aromatic heterocycles. The van der Waals surface area contributed by atoms with Crippen LogP contribution in [0.5, 0.6) is 0 Å². The van der Waals surface area contributed by atoms with Crippen LogP contribution in [0.1, 0.15) is 71.6 Å². The van der Waals surface area contributed by atoms with Crippen molar-refractivity contribution >= 4 is 21.7 Å². The normalized spacial score (nSPS) is 21.3. The summed E-state index contributed by atoms with van der Waals surface area (Å²) in [6, 6.07) is 0. The summed E-state index contributed by atoms with van der Waals surface area (Å²) < 4.78 is 7.38. The number of carbonyl (C=O) groups is 1. The van der Waals surface area contributed by atoms with Crippen LogP contribution in [-0.2, 0) is 9.53 Å². The Morgan fingerprint density at radius 1 is 1.09 bits per heavy atom. The number of allylic oxidation sites excluding steroid dienone is 11. The number of ketones is 1. The van der Waals surface area contributed by atoms with Crippen LogP contribution >= 0.6 is 15.9 Å². The van der Waals surface area contributed by atoms with E-state index in [0.29, 0.717) is 12.5 Å². The summed E-state index contributed by atoms with van der Waals surface area (Å²) >= 11 is 3.59. The second-order valence-corrected chi connectivity index (χ2v) is 11.3. The fourth-order valence-corrected chi connectivity index (χ4v) is 4.97. The lowest BCUT2D eigenvalue weighted by Crippen LogP contribution is -2.29. The van der Waals surface area contributed by atoms with Gasteiger partial charge in [-0.05, 0) is 98.2 Å². The Labute approximate surface area is 214 Å². The number of rotatable bonds is 13. The van der Waals surface area contributed by atoms with Gasteiger partial charge in [0.25, 0.3) is 0 Å². The Hall–Kier alpha value is -1.65. The minimum atomic E-state index is 0.157. The van der Waals surface area contributed by atoms with Gasteiger partial charge in [-0.25, -0.2) is 0 Å². The van der Waals surface area contributed by atoms with Crippen molar-refractivity contribution in [2.24, 2.45) is 11.8 Å². The molecular formula is C30H40BrNO2. The molecule has 34 heavy (non-hydrogen) atoms. The summed E-state index contributed by atoms with van der Waals surface area (Å²) in [5, 5.41) is 0. The van der Waals surface area contributed by atoms with Crippen LogP contribution in [0.2, 0.25) is 0 Å². The van der Waals surface area contributed by atoms with Gasteiger partial charge in [-0.3, -0.25) is 9.69 Å². The Balaban J connectivity index is 1.40. The van der Waals surface area contributed by atoms with Crippen molar-refractivity contribution in [3.8, 4) is 0 Å². The zero-order valence-electron chi connectivity index (χ0n) is 21.0. The molecular weight excluding hydrogens is 486 g/mol. The van der Waals surface area contributed by atoms with Gasteiger partial charge in [0.1, 0.15) is 6.61 Å². The average molecular weight is 527 g/mol. The first-order chi connectivity index (χ1) is 16.5. The molecule has 184 valence electrons. The van der Waals surface area contributed by atoms with Gasteiger partial charge in [-0.1, -0.05) is 60.0 Å². The van der Waals surface area contributed by atoms with Crippen LogP contribution < -0.4 is 0 Å². The molecule has 0 aliphatic heterocycles. The molecule has 2 fully saturated rings. The quantitative estimate of drug-likeness (QED) is 0.232. The van der Waals surface area contributed by atoms with E-state index in [9.17, 15) is 4.79 Å². The molecule has 0 aromatic rings. The van der Waals surface area contributed by atoms with Gasteiger partial charge in [-0.15, -0.1) is 0 Å². The van der Waals surface area contributed by atoms with Crippen LogP contribution in [0.15, 0.2) is 69.0 Å². The SMILES string of the molecule is CCCN(CCOC1=CC=C(C(=O)/C(=C\C2CC2)C2=CC=C(Br)CC2)C(C)=CC1)CCC1CC1. The predicted octanol–water partition coefficient (Wildman–Crippen LogP) is 7.58. The van der Waals surface area contributed by atoms with Crippen molar-refractivity contribution in [3.05, 3.63) is 69.0 Å². The standard InChI is InChI=1S/C30H40BrNO2/c1-3-17-32(18-16-23-5-6-23)19-20-34-27-13-4-22(2)28(15-14-27)30(33)29(21-24-7-8-24)25-9-11-26(31)12-10-25/h4,9,11,14-15,21,23-24H,3,5-8,10,12-13,16-20H2,1-2H3/b29-21-. The van der Waals surface area contributed by atoms with Crippen molar-refractivity contribution in [3.63, 3.8) is 0 Å². The van der Waals surface area contributed by atoms with E-state index >= 15 is 0 Å². The highest BCUT2D eigenvalue weighted by molar-refractivity contribution is 9.11. The molecule has 0 N–H and O–H groups in total. The largest absolute Gasteiger partial charge is 0.496 e. The molecule has 0 spiro atoms. The highest BCUT2D eigenvalue weighted by atomic mass is 79.9. The van der Waals surface area contributed by atoms with Crippen molar-refractivity contribution in [1.82, 2.24) is 4.90 Å². The van der Waals surface area contributed by atoms with Crippen molar-refractivity contribution in [1.29, 1.82) is 0 Å². The Kier molecular flexibility index (Phi) is 9.24. The van der Waals surface area contributed by atoms with E-state index in [0.717, 1.165) is 60.7 Å². The molecule has 0 bridgehead atoms. The number of hydrogen-bond donors (Lipinski definition) is 0. The topological polar surface area (TPSA) is 29.5 Å². The molecule has 0 aromatic carbocycles. The van der Waals surface area contributed by atoms with Gasteiger partial charge in [0.2, 0.25) is 0 Å². The maximum absolute atomic E-state index is 13.7. The number of ether oxygens (including phenoxy) is 1. The summed E-state index contributed by atoms with van der Waals surface area (Å²) in [4.78, 5) is 16.2. The van der Waals surface area contributed by atoms with Crippen LogP contribution in [0.4, 0.5) is 0 Å². The highest BCUT2D eigenvalue weighted by Gasteiger charge is 2.26. The van der Waals surface area contributed by atoms with Crippen molar-refractivity contribution in [2.45, 2.75) is 71.6 Å². The second-order valence-electron chi connectivity index (χ2n) is 10.3. The fourth-order valence-electron chi connectivity index (χ4n) is 4.64. The Bertz CT molecular complexity index is 941. The molecule has 0 saturated heterocycles. The molecule has 0 unspecified atom stereocenters. The number of hydrogen-bond acceptors (Lipinski definition) is 3. The molecule has 2 saturated carbocycles. The van der Waals surface area contributed by atoms with E-state index in [1.807, 2.05) is 12.2 Å². The van der Waals surface area contributed by atoms with E-state index in [1.54, 1.807) is 0 Å². The minimum absolute atomic E-state index is 0.157. The fraction of sp³-hybridized carbons (Fsp3) is 0.567. The van der Waals surface area contributed by atoms with Gasteiger partial charge in [0.15, 0.2) is 5.78 Å². The molecule has 4 heteroatoms.